The van der Waals surface area contributed by atoms with Crippen molar-refractivity contribution in [1.29, 1.82) is 0 Å². The maximum Gasteiger partial charge on any atom is 0.325 e. The molecule has 0 radical (unpaired) electrons. The highest BCUT2D eigenvalue weighted by atomic mass is 16.2. The lowest BCUT2D eigenvalue weighted by molar-refractivity contribution is -0.138. The van der Waals surface area contributed by atoms with Gasteiger partial charge in [0.05, 0.1) is 0 Å². The molecule has 33 heavy (non-hydrogen) atoms. The van der Waals surface area contributed by atoms with Gasteiger partial charge in [-0.1, -0.05) is 73.7 Å². The Kier molecular flexibility index (Phi) is 6.92. The summed E-state index contributed by atoms with van der Waals surface area (Å²) in [6.07, 6.45) is 7.24. The van der Waals surface area contributed by atoms with E-state index in [9.17, 15) is 14.4 Å². The molecule has 172 valence electrons. The maximum absolute atomic E-state index is 13.8. The Morgan fingerprint density at radius 1 is 1.03 bits per heavy atom. The molecule has 1 N–H and O–H groups in total. The van der Waals surface area contributed by atoms with Gasteiger partial charge in [0.15, 0.2) is 5.54 Å². The minimum absolute atomic E-state index is 0.211. The first-order chi connectivity index (χ1) is 16.0. The highest BCUT2D eigenvalue weighted by Crippen LogP contribution is 2.33. The van der Waals surface area contributed by atoms with Gasteiger partial charge in [-0.15, -0.1) is 0 Å². The average molecular weight is 446 g/mol. The maximum atomic E-state index is 13.8. The number of nitrogens with zero attached hydrogens (tertiary/aromatic N) is 2. The summed E-state index contributed by atoms with van der Waals surface area (Å²) in [5, 5.41) is 2.94. The van der Waals surface area contributed by atoms with Crippen molar-refractivity contribution >= 4 is 17.8 Å². The van der Waals surface area contributed by atoms with E-state index in [1.807, 2.05) is 67.6 Å². The van der Waals surface area contributed by atoms with Gasteiger partial charge in [-0.3, -0.25) is 14.5 Å². The van der Waals surface area contributed by atoms with Crippen molar-refractivity contribution in [2.45, 2.75) is 51.0 Å². The molecule has 6 heteroatoms. The molecule has 1 heterocycles. The molecule has 1 fully saturated rings. The van der Waals surface area contributed by atoms with E-state index in [4.69, 9.17) is 0 Å². The van der Waals surface area contributed by atoms with Crippen molar-refractivity contribution in [3.05, 3.63) is 83.6 Å². The van der Waals surface area contributed by atoms with Crippen LogP contribution in [0.3, 0.4) is 0 Å². The van der Waals surface area contributed by atoms with E-state index in [-0.39, 0.29) is 18.4 Å². The average Bonchev–Trinajstić information content (AvgIpc) is 3.09. The molecule has 1 saturated heterocycles. The molecule has 4 amide bonds. The quantitative estimate of drug-likeness (QED) is 0.614. The van der Waals surface area contributed by atoms with Crippen LogP contribution >= 0.6 is 0 Å². The van der Waals surface area contributed by atoms with E-state index >= 15 is 0 Å². The third kappa shape index (κ3) is 4.70. The van der Waals surface area contributed by atoms with Crippen molar-refractivity contribution in [2.75, 3.05) is 13.1 Å². The number of nitrogens with one attached hydrogen (secondary N) is 1. The second kappa shape index (κ2) is 10.0. The molecule has 1 aliphatic carbocycles. The van der Waals surface area contributed by atoms with E-state index in [1.165, 1.54) is 0 Å². The molecule has 1 atom stereocenters. The summed E-state index contributed by atoms with van der Waals surface area (Å²) in [5.74, 6) is -0.595. The van der Waals surface area contributed by atoms with Gasteiger partial charge in [-0.25, -0.2) is 4.79 Å². The molecule has 4 rings (SSSR count). The van der Waals surface area contributed by atoms with Gasteiger partial charge < -0.3 is 10.2 Å². The zero-order valence-electron chi connectivity index (χ0n) is 19.1. The largest absolute Gasteiger partial charge is 0.325 e. The van der Waals surface area contributed by atoms with Crippen LogP contribution in [0.25, 0.3) is 0 Å². The van der Waals surface area contributed by atoms with Crippen LogP contribution in [0.5, 0.6) is 0 Å². The Hall–Kier alpha value is -3.41. The number of carbonyl (C=O) groups excluding carboxylic acids is 3. The van der Waals surface area contributed by atoms with Crippen LogP contribution in [-0.4, -0.2) is 40.7 Å². The summed E-state index contributed by atoms with van der Waals surface area (Å²) < 4.78 is 0. The van der Waals surface area contributed by atoms with Crippen LogP contribution in [0, 0.1) is 0 Å². The highest BCUT2D eigenvalue weighted by molar-refractivity contribution is 6.09. The first-order valence-corrected chi connectivity index (χ1v) is 11.8. The normalized spacial score (nSPS) is 20.4. The SMILES string of the molecule is CCCN(C(=O)CN1C(=O)N[C@@](Cc2ccccc2)(c2ccccc2)C1=O)C1=CCCCC1. The Labute approximate surface area is 195 Å². The molecule has 1 aliphatic heterocycles. The highest BCUT2D eigenvalue weighted by Gasteiger charge is 2.53. The molecule has 0 bridgehead atoms. The fraction of sp³-hybridized carbons (Fsp3) is 0.370. The topological polar surface area (TPSA) is 69.7 Å². The Balaban J connectivity index is 1.62. The van der Waals surface area contributed by atoms with Gasteiger partial charge in [-0.05, 0) is 43.2 Å². The van der Waals surface area contributed by atoms with Crippen molar-refractivity contribution in [3.8, 4) is 0 Å². The third-order valence-corrected chi connectivity index (χ3v) is 6.41. The van der Waals surface area contributed by atoms with E-state index in [0.717, 1.165) is 48.3 Å². The molecule has 2 aromatic carbocycles. The first kappa shape index (κ1) is 22.8. The minimum atomic E-state index is -1.24. The van der Waals surface area contributed by atoms with E-state index in [1.54, 1.807) is 4.90 Å². The van der Waals surface area contributed by atoms with Gasteiger partial charge in [-0.2, -0.15) is 0 Å². The number of urea groups is 1. The van der Waals surface area contributed by atoms with Gasteiger partial charge in [0.2, 0.25) is 5.91 Å². The molecule has 0 spiro atoms. The van der Waals surface area contributed by atoms with Crippen LogP contribution in [0.2, 0.25) is 0 Å². The molecule has 0 unspecified atom stereocenters. The summed E-state index contributed by atoms with van der Waals surface area (Å²) in [7, 11) is 0. The second-order valence-electron chi connectivity index (χ2n) is 8.74. The zero-order valence-corrected chi connectivity index (χ0v) is 19.1. The summed E-state index contributed by atoms with van der Waals surface area (Å²) in [4.78, 5) is 43.0. The number of allylic oxidation sites excluding steroid dienone is 2. The summed E-state index contributed by atoms with van der Waals surface area (Å²) in [6.45, 7) is 2.35. The van der Waals surface area contributed by atoms with Crippen molar-refractivity contribution < 1.29 is 14.4 Å². The lowest BCUT2D eigenvalue weighted by Crippen LogP contribution is -2.47. The summed E-state index contributed by atoms with van der Waals surface area (Å²) >= 11 is 0. The van der Waals surface area contributed by atoms with Crippen LogP contribution in [0.4, 0.5) is 4.79 Å². The Morgan fingerprint density at radius 2 is 1.73 bits per heavy atom. The van der Waals surface area contributed by atoms with E-state index < -0.39 is 11.6 Å². The Morgan fingerprint density at radius 3 is 2.36 bits per heavy atom. The molecule has 0 aromatic heterocycles. The van der Waals surface area contributed by atoms with Crippen molar-refractivity contribution in [2.24, 2.45) is 0 Å². The monoisotopic (exact) mass is 445 g/mol. The minimum Gasteiger partial charge on any atom is -0.319 e. The summed E-state index contributed by atoms with van der Waals surface area (Å²) in [6, 6.07) is 18.4. The summed E-state index contributed by atoms with van der Waals surface area (Å²) in [5.41, 5.74) is 1.42. The van der Waals surface area contributed by atoms with Gasteiger partial charge in [0.1, 0.15) is 6.54 Å². The number of imide groups is 1. The fourth-order valence-electron chi connectivity index (χ4n) is 4.75. The molecule has 6 nitrogen and oxygen atoms in total. The fourth-order valence-corrected chi connectivity index (χ4v) is 4.75. The number of hydrogen-bond donors (Lipinski definition) is 1. The Bertz CT molecular complexity index is 1040. The van der Waals surface area contributed by atoms with Gasteiger partial charge in [0.25, 0.3) is 5.91 Å². The number of hydrogen-bond acceptors (Lipinski definition) is 3. The van der Waals surface area contributed by atoms with E-state index in [0.29, 0.717) is 18.5 Å². The number of carbonyl (C=O) groups is 3. The van der Waals surface area contributed by atoms with Gasteiger partial charge in [0, 0.05) is 18.7 Å². The van der Waals surface area contributed by atoms with E-state index in [2.05, 4.69) is 11.4 Å². The molecule has 2 aliphatic rings. The van der Waals surface area contributed by atoms with Crippen molar-refractivity contribution in [3.63, 3.8) is 0 Å². The standard InChI is InChI=1S/C27H31N3O3/c1-2-18-29(23-16-10-5-11-17-23)24(31)20-30-25(32)27(28-26(30)33,22-14-8-4-9-15-22)19-21-12-6-3-7-13-21/h3-4,6-9,12-16H,2,5,10-11,17-20H2,1H3,(H,28,33)/t27-/m0/s1. The van der Waals surface area contributed by atoms with Gasteiger partial charge >= 0.3 is 6.03 Å². The smallest absolute Gasteiger partial charge is 0.319 e. The zero-order chi connectivity index (χ0) is 23.3. The predicted molar refractivity (Wildman–Crippen MR) is 127 cm³/mol. The lowest BCUT2D eigenvalue weighted by atomic mass is 9.83. The third-order valence-electron chi connectivity index (χ3n) is 6.41. The lowest BCUT2D eigenvalue weighted by Gasteiger charge is -2.30. The molecule has 2 aromatic rings. The molecule has 0 saturated carbocycles. The second-order valence-corrected chi connectivity index (χ2v) is 8.74. The molecular formula is C27H31N3O3. The van der Waals surface area contributed by atoms with Crippen molar-refractivity contribution in [1.82, 2.24) is 15.1 Å². The van der Waals surface area contributed by atoms with Crippen LogP contribution in [0.15, 0.2) is 72.4 Å². The first-order valence-electron chi connectivity index (χ1n) is 11.8. The van der Waals surface area contributed by atoms with Crippen LogP contribution < -0.4 is 5.32 Å². The predicted octanol–water partition coefficient (Wildman–Crippen LogP) is 4.37. The number of rotatable bonds is 8. The number of benzene rings is 2. The molecular weight excluding hydrogens is 414 g/mol. The van der Waals surface area contributed by atoms with Crippen LogP contribution in [-0.2, 0) is 21.5 Å². The van der Waals surface area contributed by atoms with Crippen LogP contribution in [0.1, 0.15) is 50.2 Å². The number of amides is 4.